The lowest BCUT2D eigenvalue weighted by Gasteiger charge is -2.35. The molecule has 3 aromatic rings. The average Bonchev–Trinajstić information content (AvgIpc) is 3.60. The van der Waals surface area contributed by atoms with Gasteiger partial charge in [-0.05, 0) is 48.7 Å². The molecule has 2 aliphatic rings. The Kier molecular flexibility index (Phi) is 6.67. The van der Waals surface area contributed by atoms with Crippen LogP contribution < -0.4 is 15.0 Å². The van der Waals surface area contributed by atoms with Gasteiger partial charge in [0.05, 0.1) is 18.2 Å². The Hall–Kier alpha value is -3.47. The Labute approximate surface area is 202 Å². The molecule has 0 unspecified atom stereocenters. The van der Waals surface area contributed by atoms with Gasteiger partial charge in [-0.15, -0.1) is 5.10 Å². The molecule has 1 fully saturated rings. The lowest BCUT2D eigenvalue weighted by molar-refractivity contribution is -0.144. The average molecular weight is 483 g/mol. The standard InChI is InChI=1S/C24H30N6O5/c1-3-19(23-26-27-28-30(23)13-22(31)33-4-2)29(17-7-5-6-8-17)12-16-9-15-10-20-21(35-14-34-20)11-18(15)25-24(16)32/h9-11,17,19H,3-8,12-14H2,1-2H3,(H,25,32)/t19-/m0/s1. The number of benzene rings is 1. The summed E-state index contributed by atoms with van der Waals surface area (Å²) in [5.41, 5.74) is 1.23. The highest BCUT2D eigenvalue weighted by Crippen LogP contribution is 2.36. The van der Waals surface area contributed by atoms with E-state index in [9.17, 15) is 9.59 Å². The zero-order valence-corrected chi connectivity index (χ0v) is 20.0. The number of tetrazole rings is 1. The first-order chi connectivity index (χ1) is 17.1. The van der Waals surface area contributed by atoms with Gasteiger partial charge in [-0.3, -0.25) is 14.5 Å². The van der Waals surface area contributed by atoms with E-state index >= 15 is 0 Å². The molecule has 11 nitrogen and oxygen atoms in total. The molecule has 5 rings (SSSR count). The SMILES string of the molecule is CCOC(=O)Cn1nnnc1[C@H](CC)N(Cc1cc2cc3c(cc2[nH]c1=O)OCO3)C1CCCC1. The number of rotatable bonds is 9. The van der Waals surface area contributed by atoms with Gasteiger partial charge in [0, 0.05) is 29.6 Å². The summed E-state index contributed by atoms with van der Waals surface area (Å²) in [5.74, 6) is 1.53. The monoisotopic (exact) mass is 482 g/mol. The van der Waals surface area contributed by atoms with Crippen molar-refractivity contribution in [1.29, 1.82) is 0 Å². The number of fused-ring (bicyclic) bond motifs is 2. The van der Waals surface area contributed by atoms with Crippen LogP contribution in [-0.2, 0) is 22.6 Å². The van der Waals surface area contributed by atoms with Crippen LogP contribution in [0.5, 0.6) is 11.5 Å². The van der Waals surface area contributed by atoms with Crippen LogP contribution >= 0.6 is 0 Å². The van der Waals surface area contributed by atoms with E-state index in [0.29, 0.717) is 47.6 Å². The number of H-pyrrole nitrogens is 1. The molecule has 0 saturated heterocycles. The Morgan fingerprint density at radius 3 is 2.74 bits per heavy atom. The molecule has 0 radical (unpaired) electrons. The number of aromatic nitrogens is 5. The Morgan fingerprint density at radius 2 is 2.00 bits per heavy atom. The summed E-state index contributed by atoms with van der Waals surface area (Å²) < 4.78 is 17.6. The Morgan fingerprint density at radius 1 is 1.23 bits per heavy atom. The molecule has 3 heterocycles. The van der Waals surface area contributed by atoms with Gasteiger partial charge >= 0.3 is 5.97 Å². The van der Waals surface area contributed by atoms with Gasteiger partial charge in [-0.2, -0.15) is 0 Å². The molecule has 0 amide bonds. The van der Waals surface area contributed by atoms with Crippen LogP contribution in [0.2, 0.25) is 0 Å². The smallest absolute Gasteiger partial charge is 0.327 e. The van der Waals surface area contributed by atoms with Crippen molar-refractivity contribution < 1.29 is 19.0 Å². The van der Waals surface area contributed by atoms with E-state index in [-0.39, 0.29) is 30.9 Å². The number of nitrogens with one attached hydrogen (secondary N) is 1. The first-order valence-electron chi connectivity index (χ1n) is 12.2. The first kappa shape index (κ1) is 23.3. The summed E-state index contributed by atoms with van der Waals surface area (Å²) in [6.45, 7) is 4.71. The number of esters is 1. The topological polar surface area (TPSA) is 124 Å². The molecular formula is C24H30N6O5. The van der Waals surface area contributed by atoms with E-state index < -0.39 is 0 Å². The predicted octanol–water partition coefficient (Wildman–Crippen LogP) is 2.70. The van der Waals surface area contributed by atoms with Crippen LogP contribution in [0.4, 0.5) is 0 Å². The minimum atomic E-state index is -0.381. The molecule has 1 aliphatic heterocycles. The highest BCUT2D eigenvalue weighted by atomic mass is 16.7. The molecule has 1 saturated carbocycles. The van der Waals surface area contributed by atoms with Crippen LogP contribution in [0.3, 0.4) is 0 Å². The minimum absolute atomic E-state index is 0.0467. The van der Waals surface area contributed by atoms with Crippen molar-refractivity contribution in [2.75, 3.05) is 13.4 Å². The fourth-order valence-electron chi connectivity index (χ4n) is 5.14. The third-order valence-corrected chi connectivity index (χ3v) is 6.79. The number of carbonyl (C=O) groups excluding carboxylic acids is 1. The van der Waals surface area contributed by atoms with Crippen molar-refractivity contribution >= 4 is 16.9 Å². The summed E-state index contributed by atoms with van der Waals surface area (Å²) in [7, 11) is 0. The van der Waals surface area contributed by atoms with E-state index in [1.807, 2.05) is 12.1 Å². The number of hydrogen-bond donors (Lipinski definition) is 1. The molecular weight excluding hydrogens is 452 g/mol. The number of hydrogen-bond acceptors (Lipinski definition) is 9. The fraction of sp³-hybridized carbons (Fsp3) is 0.542. The van der Waals surface area contributed by atoms with Gasteiger partial charge in [0.15, 0.2) is 17.3 Å². The van der Waals surface area contributed by atoms with Gasteiger partial charge in [0.25, 0.3) is 5.56 Å². The maximum atomic E-state index is 13.1. The lowest BCUT2D eigenvalue weighted by atomic mass is 10.0. The summed E-state index contributed by atoms with van der Waals surface area (Å²) >= 11 is 0. The van der Waals surface area contributed by atoms with Gasteiger partial charge in [-0.1, -0.05) is 19.8 Å². The molecule has 0 spiro atoms. The molecule has 11 heteroatoms. The second-order valence-electron chi connectivity index (χ2n) is 8.95. The minimum Gasteiger partial charge on any atom is -0.465 e. The summed E-state index contributed by atoms with van der Waals surface area (Å²) in [6.07, 6.45) is 5.09. The van der Waals surface area contributed by atoms with E-state index in [0.717, 1.165) is 37.5 Å². The molecule has 1 aliphatic carbocycles. The van der Waals surface area contributed by atoms with E-state index in [1.165, 1.54) is 4.68 Å². The molecule has 0 bridgehead atoms. The maximum absolute atomic E-state index is 13.1. The number of nitrogens with zero attached hydrogens (tertiary/aromatic N) is 5. The molecule has 1 N–H and O–H groups in total. The second-order valence-corrected chi connectivity index (χ2v) is 8.95. The Bertz CT molecular complexity index is 1270. The molecule has 1 aromatic carbocycles. The van der Waals surface area contributed by atoms with Crippen LogP contribution in [0.1, 0.15) is 63.4 Å². The van der Waals surface area contributed by atoms with E-state index in [2.05, 4.69) is 32.3 Å². The van der Waals surface area contributed by atoms with Gasteiger partial charge < -0.3 is 19.2 Å². The van der Waals surface area contributed by atoms with Crippen LogP contribution in [0.15, 0.2) is 23.0 Å². The molecule has 35 heavy (non-hydrogen) atoms. The number of pyridine rings is 1. The van der Waals surface area contributed by atoms with Crippen molar-refractivity contribution in [1.82, 2.24) is 30.1 Å². The third-order valence-electron chi connectivity index (χ3n) is 6.79. The maximum Gasteiger partial charge on any atom is 0.327 e. The summed E-state index contributed by atoms with van der Waals surface area (Å²) in [4.78, 5) is 30.6. The number of carbonyl (C=O) groups is 1. The van der Waals surface area contributed by atoms with Crippen molar-refractivity contribution in [3.05, 3.63) is 39.9 Å². The van der Waals surface area contributed by atoms with E-state index in [4.69, 9.17) is 14.2 Å². The van der Waals surface area contributed by atoms with Crippen molar-refractivity contribution in [3.8, 4) is 11.5 Å². The van der Waals surface area contributed by atoms with Crippen molar-refractivity contribution in [3.63, 3.8) is 0 Å². The third kappa shape index (κ3) is 4.72. The number of ether oxygens (including phenoxy) is 3. The first-order valence-corrected chi connectivity index (χ1v) is 12.2. The zero-order valence-electron chi connectivity index (χ0n) is 20.0. The lowest BCUT2D eigenvalue weighted by Crippen LogP contribution is -2.39. The molecule has 186 valence electrons. The van der Waals surface area contributed by atoms with Crippen LogP contribution in [-0.4, -0.2) is 55.5 Å². The molecule has 2 aromatic heterocycles. The van der Waals surface area contributed by atoms with Crippen LogP contribution in [0, 0.1) is 0 Å². The van der Waals surface area contributed by atoms with Gasteiger partial charge in [0.1, 0.15) is 6.54 Å². The van der Waals surface area contributed by atoms with E-state index in [1.54, 1.807) is 13.0 Å². The zero-order chi connectivity index (χ0) is 24.4. The predicted molar refractivity (Wildman–Crippen MR) is 126 cm³/mol. The van der Waals surface area contributed by atoms with Crippen molar-refractivity contribution in [2.45, 2.75) is 71.1 Å². The Balaban J connectivity index is 1.48. The van der Waals surface area contributed by atoms with Crippen molar-refractivity contribution in [2.24, 2.45) is 0 Å². The highest BCUT2D eigenvalue weighted by molar-refractivity contribution is 5.83. The normalized spacial score (nSPS) is 16.3. The van der Waals surface area contributed by atoms with Gasteiger partial charge in [0.2, 0.25) is 6.79 Å². The fourth-order valence-corrected chi connectivity index (χ4v) is 5.14. The van der Waals surface area contributed by atoms with Gasteiger partial charge in [-0.25, -0.2) is 4.68 Å². The highest BCUT2D eigenvalue weighted by Gasteiger charge is 2.33. The largest absolute Gasteiger partial charge is 0.465 e. The van der Waals surface area contributed by atoms with Crippen LogP contribution in [0.25, 0.3) is 10.9 Å². The summed E-state index contributed by atoms with van der Waals surface area (Å²) in [6, 6.07) is 5.75. The number of aromatic amines is 1. The quantitative estimate of drug-likeness (QED) is 0.458. The second kappa shape index (κ2) is 10.0. The summed E-state index contributed by atoms with van der Waals surface area (Å²) in [5, 5.41) is 13.1. The molecule has 1 atom stereocenters.